The van der Waals surface area contributed by atoms with Crippen molar-refractivity contribution in [3.8, 4) is 0 Å². The fraction of sp³-hybridized carbons (Fsp3) is 0. The molecule has 0 amide bonds. The van der Waals surface area contributed by atoms with Crippen molar-refractivity contribution in [3.05, 3.63) is 41.0 Å². The molecule has 1 aromatic carbocycles. The van der Waals surface area contributed by atoms with Gasteiger partial charge in [-0.2, -0.15) is 0 Å². The first-order chi connectivity index (χ1) is 6.29. The molecule has 0 saturated heterocycles. The molecule has 0 radical (unpaired) electrons. The molecule has 0 saturated carbocycles. The van der Waals surface area contributed by atoms with Crippen molar-refractivity contribution in [2.24, 2.45) is 0 Å². The largest absolute Gasteiger partial charge is 0.308 e. The molecule has 0 aliphatic rings. The molecule has 2 nitrogen and oxygen atoms in total. The van der Waals surface area contributed by atoms with Gasteiger partial charge in [0.15, 0.2) is 0 Å². The molecule has 0 aliphatic heterocycles. The lowest BCUT2D eigenvalue weighted by Crippen LogP contribution is -1.82. The van der Waals surface area contributed by atoms with Crippen LogP contribution in [0.4, 0.5) is 0 Å². The number of hydrogen-bond donors (Lipinski definition) is 1. The number of nitrogens with one attached hydrogen (secondary N) is 1. The van der Waals surface area contributed by atoms with E-state index in [1.165, 1.54) is 6.21 Å². The highest BCUT2D eigenvalue weighted by atomic mass is 35.5. The van der Waals surface area contributed by atoms with Crippen LogP contribution >= 0.6 is 11.6 Å². The molecular formula is C10H7ClN2. The molecule has 2 rings (SSSR count). The van der Waals surface area contributed by atoms with Gasteiger partial charge in [-0.25, -0.2) is 0 Å². The van der Waals surface area contributed by atoms with Crippen LogP contribution in [0.25, 0.3) is 10.9 Å². The van der Waals surface area contributed by atoms with Crippen LogP contribution in [0.15, 0.2) is 30.5 Å². The van der Waals surface area contributed by atoms with E-state index >= 15 is 0 Å². The molecule has 1 N–H and O–H groups in total. The lowest BCUT2D eigenvalue weighted by atomic mass is 10.1. The molecule has 1 aromatic heterocycles. The number of pyridine rings is 1. The van der Waals surface area contributed by atoms with Crippen LogP contribution < -0.4 is 0 Å². The maximum absolute atomic E-state index is 7.09. The number of benzene rings is 1. The molecule has 0 unspecified atom stereocenters. The number of halogens is 1. The van der Waals surface area contributed by atoms with Crippen molar-refractivity contribution < 1.29 is 0 Å². The predicted molar refractivity (Wildman–Crippen MR) is 54.6 cm³/mol. The molecule has 13 heavy (non-hydrogen) atoms. The zero-order chi connectivity index (χ0) is 9.26. The van der Waals surface area contributed by atoms with Crippen LogP contribution in [0.5, 0.6) is 0 Å². The van der Waals surface area contributed by atoms with Gasteiger partial charge in [0.05, 0.1) is 10.5 Å². The molecule has 0 bridgehead atoms. The van der Waals surface area contributed by atoms with Gasteiger partial charge in [-0.1, -0.05) is 17.7 Å². The fourth-order valence-corrected chi connectivity index (χ4v) is 1.38. The Morgan fingerprint density at radius 3 is 2.92 bits per heavy atom. The van der Waals surface area contributed by atoms with E-state index in [0.29, 0.717) is 5.02 Å². The first-order valence-electron chi connectivity index (χ1n) is 3.85. The summed E-state index contributed by atoms with van der Waals surface area (Å²) in [6, 6.07) is 7.47. The van der Waals surface area contributed by atoms with Gasteiger partial charge >= 0.3 is 0 Å². The van der Waals surface area contributed by atoms with Crippen LogP contribution in [0.3, 0.4) is 0 Å². The third kappa shape index (κ3) is 1.53. The topological polar surface area (TPSA) is 36.7 Å². The lowest BCUT2D eigenvalue weighted by Gasteiger charge is -1.98. The van der Waals surface area contributed by atoms with E-state index in [0.717, 1.165) is 16.5 Å². The summed E-state index contributed by atoms with van der Waals surface area (Å²) in [6.45, 7) is 0. The molecule has 0 aliphatic carbocycles. The van der Waals surface area contributed by atoms with Crippen LogP contribution in [0.2, 0.25) is 5.02 Å². The average molecular weight is 191 g/mol. The SMILES string of the molecule is N=Cc1ccc2ncc(Cl)cc2c1. The number of fused-ring (bicyclic) bond motifs is 1. The van der Waals surface area contributed by atoms with E-state index in [-0.39, 0.29) is 0 Å². The molecule has 0 spiro atoms. The van der Waals surface area contributed by atoms with Gasteiger partial charge in [0, 0.05) is 17.8 Å². The van der Waals surface area contributed by atoms with E-state index in [4.69, 9.17) is 17.0 Å². The van der Waals surface area contributed by atoms with Gasteiger partial charge in [-0.15, -0.1) is 0 Å². The molecule has 3 heteroatoms. The third-order valence-corrected chi connectivity index (χ3v) is 2.05. The maximum Gasteiger partial charge on any atom is 0.0703 e. The van der Waals surface area contributed by atoms with Crippen LogP contribution in [0, 0.1) is 5.41 Å². The van der Waals surface area contributed by atoms with E-state index in [2.05, 4.69) is 4.98 Å². The van der Waals surface area contributed by atoms with Crippen molar-refractivity contribution in [2.45, 2.75) is 0 Å². The van der Waals surface area contributed by atoms with Crippen molar-refractivity contribution in [2.75, 3.05) is 0 Å². The van der Waals surface area contributed by atoms with E-state index in [9.17, 15) is 0 Å². The summed E-state index contributed by atoms with van der Waals surface area (Å²) in [6.07, 6.45) is 2.92. The van der Waals surface area contributed by atoms with Gasteiger partial charge in [-0.05, 0) is 23.8 Å². The highest BCUT2D eigenvalue weighted by molar-refractivity contribution is 6.31. The molecule has 0 atom stereocenters. The second-order valence-corrected chi connectivity index (χ2v) is 3.19. The summed E-state index contributed by atoms with van der Waals surface area (Å²) >= 11 is 5.79. The van der Waals surface area contributed by atoms with Crippen molar-refractivity contribution in [1.82, 2.24) is 4.98 Å². The summed E-state index contributed by atoms with van der Waals surface area (Å²) in [7, 11) is 0. The second-order valence-electron chi connectivity index (χ2n) is 2.75. The summed E-state index contributed by atoms with van der Waals surface area (Å²) < 4.78 is 0. The zero-order valence-corrected chi connectivity index (χ0v) is 7.55. The van der Waals surface area contributed by atoms with E-state index in [1.54, 1.807) is 6.20 Å². The predicted octanol–water partition coefficient (Wildman–Crippen LogP) is 2.89. The Balaban J connectivity index is 2.74. The van der Waals surface area contributed by atoms with Gasteiger partial charge in [0.25, 0.3) is 0 Å². The monoisotopic (exact) mass is 190 g/mol. The Morgan fingerprint density at radius 2 is 2.15 bits per heavy atom. The van der Waals surface area contributed by atoms with E-state index in [1.807, 2.05) is 24.3 Å². The van der Waals surface area contributed by atoms with Crippen LogP contribution in [0.1, 0.15) is 5.56 Å². The average Bonchev–Trinajstić information content (AvgIpc) is 2.16. The standard InChI is InChI=1S/C10H7ClN2/c11-9-4-8-3-7(5-12)1-2-10(8)13-6-9/h1-6,12H. The first kappa shape index (κ1) is 8.20. The molecule has 0 fully saturated rings. The minimum absolute atomic E-state index is 0.620. The van der Waals surface area contributed by atoms with E-state index < -0.39 is 0 Å². The Labute approximate surface area is 80.7 Å². The van der Waals surface area contributed by atoms with Crippen LogP contribution in [-0.2, 0) is 0 Å². The number of nitrogens with zero attached hydrogens (tertiary/aromatic N) is 1. The summed E-state index contributed by atoms with van der Waals surface area (Å²) in [4.78, 5) is 4.15. The summed E-state index contributed by atoms with van der Waals surface area (Å²) in [5.41, 5.74) is 1.76. The Hall–Kier alpha value is -1.41. The molecule has 1 heterocycles. The number of rotatable bonds is 1. The Kier molecular flexibility index (Phi) is 1.99. The third-order valence-electron chi connectivity index (χ3n) is 1.84. The molecular weight excluding hydrogens is 184 g/mol. The normalized spacial score (nSPS) is 10.2. The maximum atomic E-state index is 7.09. The van der Waals surface area contributed by atoms with Gasteiger partial charge < -0.3 is 5.41 Å². The lowest BCUT2D eigenvalue weighted by molar-refractivity contribution is 1.41. The highest BCUT2D eigenvalue weighted by Crippen LogP contribution is 2.17. The molecule has 64 valence electrons. The Bertz CT molecular complexity index is 465. The number of hydrogen-bond acceptors (Lipinski definition) is 2. The zero-order valence-electron chi connectivity index (χ0n) is 6.79. The quantitative estimate of drug-likeness (QED) is 0.690. The highest BCUT2D eigenvalue weighted by Gasteiger charge is 1.96. The Morgan fingerprint density at radius 1 is 1.31 bits per heavy atom. The smallest absolute Gasteiger partial charge is 0.0703 e. The van der Waals surface area contributed by atoms with Gasteiger partial charge in [-0.3, -0.25) is 4.98 Å². The minimum Gasteiger partial charge on any atom is -0.308 e. The summed E-state index contributed by atoms with van der Waals surface area (Å²) in [5.74, 6) is 0. The van der Waals surface area contributed by atoms with Crippen molar-refractivity contribution in [3.63, 3.8) is 0 Å². The van der Waals surface area contributed by atoms with Gasteiger partial charge in [0.1, 0.15) is 0 Å². The number of aromatic nitrogens is 1. The first-order valence-corrected chi connectivity index (χ1v) is 4.23. The second kappa shape index (κ2) is 3.15. The fourth-order valence-electron chi connectivity index (χ4n) is 1.21. The minimum atomic E-state index is 0.620. The van der Waals surface area contributed by atoms with Gasteiger partial charge in [0.2, 0.25) is 0 Å². The van der Waals surface area contributed by atoms with Crippen molar-refractivity contribution in [1.29, 1.82) is 5.41 Å². The van der Waals surface area contributed by atoms with Crippen molar-refractivity contribution >= 4 is 28.7 Å². The summed E-state index contributed by atoms with van der Waals surface area (Å²) in [5, 5.41) is 8.68. The van der Waals surface area contributed by atoms with Crippen LogP contribution in [-0.4, -0.2) is 11.2 Å². The molecule has 2 aromatic rings.